The Balaban J connectivity index is 0.000000281. The predicted octanol–water partition coefficient (Wildman–Crippen LogP) is 5.88. The number of rotatable bonds is 2. The van der Waals surface area contributed by atoms with Crippen LogP contribution in [0, 0.1) is 0 Å². The third-order valence-corrected chi connectivity index (χ3v) is 5.01. The van der Waals surface area contributed by atoms with Gasteiger partial charge in [-0.1, -0.05) is 36.4 Å². The lowest BCUT2D eigenvalue weighted by Gasteiger charge is -2.11. The van der Waals surface area contributed by atoms with Gasteiger partial charge in [-0.15, -0.1) is 24.8 Å². The van der Waals surface area contributed by atoms with E-state index < -0.39 is 23.5 Å². The molecule has 0 aliphatic heterocycles. The SMILES string of the molecule is Cl.Cl.N[C@@H]1C[C@H]1c1ccccc1C(F)(F)F.N[C@H]1C[C@@H]1c1ccccc1C(F)(F)F. The summed E-state index contributed by atoms with van der Waals surface area (Å²) < 4.78 is 75.1. The first kappa shape index (κ1) is 26.6. The molecule has 0 unspecified atom stereocenters. The van der Waals surface area contributed by atoms with Crippen LogP contribution in [-0.4, -0.2) is 12.1 Å². The molecule has 2 aliphatic carbocycles. The van der Waals surface area contributed by atoms with Crippen molar-refractivity contribution in [2.75, 3.05) is 0 Å². The van der Waals surface area contributed by atoms with E-state index in [0.29, 0.717) is 24.0 Å². The highest BCUT2D eigenvalue weighted by atomic mass is 35.5. The van der Waals surface area contributed by atoms with Gasteiger partial charge in [0.1, 0.15) is 0 Å². The maximum Gasteiger partial charge on any atom is 0.416 e. The minimum Gasteiger partial charge on any atom is -0.327 e. The Bertz CT molecular complexity index is 771. The highest BCUT2D eigenvalue weighted by molar-refractivity contribution is 5.85. The molecule has 30 heavy (non-hydrogen) atoms. The fourth-order valence-electron chi connectivity index (χ4n) is 3.30. The molecule has 168 valence electrons. The van der Waals surface area contributed by atoms with Gasteiger partial charge < -0.3 is 11.5 Å². The molecule has 0 heterocycles. The van der Waals surface area contributed by atoms with Crippen molar-refractivity contribution in [3.8, 4) is 0 Å². The summed E-state index contributed by atoms with van der Waals surface area (Å²) in [6, 6.07) is 11.1. The molecular formula is C20H22Cl2F6N2. The third kappa shape index (κ3) is 6.26. The lowest BCUT2D eigenvalue weighted by molar-refractivity contribution is -0.139. The molecule has 4 atom stereocenters. The van der Waals surface area contributed by atoms with Gasteiger partial charge in [0.15, 0.2) is 0 Å². The van der Waals surface area contributed by atoms with Crippen LogP contribution in [0.15, 0.2) is 48.5 Å². The minimum atomic E-state index is -4.26. The molecule has 0 saturated heterocycles. The lowest BCUT2D eigenvalue weighted by Crippen LogP contribution is -2.10. The first-order valence-electron chi connectivity index (χ1n) is 8.83. The zero-order valence-electron chi connectivity index (χ0n) is 15.6. The molecule has 4 N–H and O–H groups in total. The number of nitrogens with two attached hydrogens (primary N) is 2. The average Bonchev–Trinajstić information content (AvgIpc) is 3.52. The molecule has 0 radical (unpaired) electrons. The highest BCUT2D eigenvalue weighted by Gasteiger charge is 2.43. The molecule has 0 amide bonds. The highest BCUT2D eigenvalue weighted by Crippen LogP contribution is 2.45. The maximum atomic E-state index is 12.5. The summed E-state index contributed by atoms with van der Waals surface area (Å²) in [5.74, 6) is -0.208. The van der Waals surface area contributed by atoms with Crippen LogP contribution >= 0.6 is 24.8 Å². The molecule has 2 aromatic rings. The molecule has 10 heteroatoms. The van der Waals surface area contributed by atoms with Crippen molar-refractivity contribution < 1.29 is 26.3 Å². The number of benzene rings is 2. The normalized spacial score (nSPS) is 24.5. The smallest absolute Gasteiger partial charge is 0.327 e. The van der Waals surface area contributed by atoms with Crippen molar-refractivity contribution in [1.82, 2.24) is 0 Å². The van der Waals surface area contributed by atoms with Gasteiger partial charge in [0.2, 0.25) is 0 Å². The van der Waals surface area contributed by atoms with E-state index in [9.17, 15) is 26.3 Å². The van der Waals surface area contributed by atoms with Crippen molar-refractivity contribution in [3.63, 3.8) is 0 Å². The van der Waals surface area contributed by atoms with E-state index in [1.807, 2.05) is 0 Å². The second-order valence-electron chi connectivity index (χ2n) is 7.18. The van der Waals surface area contributed by atoms with Gasteiger partial charge in [0.05, 0.1) is 11.1 Å². The predicted molar refractivity (Wildman–Crippen MR) is 108 cm³/mol. The second kappa shape index (κ2) is 9.77. The van der Waals surface area contributed by atoms with Gasteiger partial charge >= 0.3 is 12.4 Å². The van der Waals surface area contributed by atoms with E-state index in [1.165, 1.54) is 24.3 Å². The standard InChI is InChI=1S/2C10H10F3N.2ClH/c2*11-10(12,13)8-4-2-1-3-6(8)7-5-9(7)14;;/h2*1-4,7,9H,5,14H2;2*1H/t2*7-,9+;;/m10../s1. The number of hydrogen-bond acceptors (Lipinski definition) is 2. The summed E-state index contributed by atoms with van der Waals surface area (Å²) in [6.07, 6.45) is -7.21. The summed E-state index contributed by atoms with van der Waals surface area (Å²) in [7, 11) is 0. The molecular weight excluding hydrogens is 453 g/mol. The molecule has 0 aromatic heterocycles. The van der Waals surface area contributed by atoms with Gasteiger partial charge in [0.25, 0.3) is 0 Å². The lowest BCUT2D eigenvalue weighted by atomic mass is 10.0. The Morgan fingerprint density at radius 3 is 1.10 bits per heavy atom. The molecule has 0 spiro atoms. The van der Waals surface area contributed by atoms with Gasteiger partial charge in [-0.25, -0.2) is 0 Å². The quantitative estimate of drug-likeness (QED) is 0.533. The zero-order valence-corrected chi connectivity index (χ0v) is 17.2. The monoisotopic (exact) mass is 474 g/mol. The first-order valence-corrected chi connectivity index (χ1v) is 8.83. The molecule has 2 aliphatic rings. The molecule has 2 nitrogen and oxygen atoms in total. The van der Waals surface area contributed by atoms with E-state index in [1.54, 1.807) is 12.1 Å². The maximum absolute atomic E-state index is 12.5. The summed E-state index contributed by atoms with van der Waals surface area (Å²) in [4.78, 5) is 0. The summed E-state index contributed by atoms with van der Waals surface area (Å²) in [6.45, 7) is 0. The Morgan fingerprint density at radius 2 is 0.867 bits per heavy atom. The summed E-state index contributed by atoms with van der Waals surface area (Å²) in [5.41, 5.74) is 10.7. The van der Waals surface area contributed by atoms with Crippen LogP contribution in [0.4, 0.5) is 26.3 Å². The van der Waals surface area contributed by atoms with Crippen molar-refractivity contribution in [1.29, 1.82) is 0 Å². The zero-order chi connectivity index (χ0) is 20.7. The van der Waals surface area contributed by atoms with Crippen LogP contribution in [0.2, 0.25) is 0 Å². The van der Waals surface area contributed by atoms with E-state index in [2.05, 4.69) is 0 Å². The van der Waals surface area contributed by atoms with E-state index in [0.717, 1.165) is 12.1 Å². The van der Waals surface area contributed by atoms with Crippen LogP contribution < -0.4 is 11.5 Å². The van der Waals surface area contributed by atoms with Gasteiger partial charge in [0, 0.05) is 23.9 Å². The van der Waals surface area contributed by atoms with Crippen molar-refractivity contribution in [2.45, 2.75) is 49.1 Å². The van der Waals surface area contributed by atoms with E-state index in [4.69, 9.17) is 11.5 Å². The number of halogens is 8. The first-order chi connectivity index (χ1) is 13.0. The van der Waals surface area contributed by atoms with Gasteiger partial charge in [-0.05, 0) is 36.1 Å². The fourth-order valence-corrected chi connectivity index (χ4v) is 3.30. The number of hydrogen-bond donors (Lipinski definition) is 2. The topological polar surface area (TPSA) is 52.0 Å². The van der Waals surface area contributed by atoms with Crippen molar-refractivity contribution in [3.05, 3.63) is 70.8 Å². The largest absolute Gasteiger partial charge is 0.416 e. The van der Waals surface area contributed by atoms with Crippen LogP contribution in [0.3, 0.4) is 0 Å². The molecule has 2 saturated carbocycles. The Morgan fingerprint density at radius 1 is 0.600 bits per heavy atom. The minimum absolute atomic E-state index is 0. The molecule has 0 bridgehead atoms. The Kier molecular flexibility index (Phi) is 8.64. The fraction of sp³-hybridized carbons (Fsp3) is 0.400. The van der Waals surface area contributed by atoms with Gasteiger partial charge in [-0.3, -0.25) is 0 Å². The Labute approximate surface area is 182 Å². The van der Waals surface area contributed by atoms with Crippen molar-refractivity contribution in [2.24, 2.45) is 11.5 Å². The number of alkyl halides is 6. The molecule has 4 rings (SSSR count). The van der Waals surface area contributed by atoms with Crippen LogP contribution in [-0.2, 0) is 12.4 Å². The summed E-state index contributed by atoms with van der Waals surface area (Å²) >= 11 is 0. The molecule has 2 fully saturated rings. The van der Waals surface area contributed by atoms with Gasteiger partial charge in [-0.2, -0.15) is 26.3 Å². The van der Waals surface area contributed by atoms with E-state index in [-0.39, 0.29) is 48.7 Å². The van der Waals surface area contributed by atoms with Crippen LogP contribution in [0.1, 0.15) is 46.9 Å². The summed E-state index contributed by atoms with van der Waals surface area (Å²) in [5, 5.41) is 0. The van der Waals surface area contributed by atoms with Crippen molar-refractivity contribution >= 4 is 24.8 Å². The molecule has 2 aromatic carbocycles. The second-order valence-corrected chi connectivity index (χ2v) is 7.18. The average molecular weight is 475 g/mol. The Hall–Kier alpha value is -1.48. The third-order valence-electron chi connectivity index (χ3n) is 5.01. The van der Waals surface area contributed by atoms with Crippen LogP contribution in [0.25, 0.3) is 0 Å². The van der Waals surface area contributed by atoms with Crippen LogP contribution in [0.5, 0.6) is 0 Å². The van der Waals surface area contributed by atoms with E-state index >= 15 is 0 Å².